The van der Waals surface area contributed by atoms with Crippen molar-refractivity contribution in [2.45, 2.75) is 57.7 Å². The Balaban J connectivity index is 1.49. The van der Waals surface area contributed by atoms with Crippen LogP contribution in [0.4, 0.5) is 5.69 Å². The van der Waals surface area contributed by atoms with E-state index in [0.29, 0.717) is 52.7 Å². The summed E-state index contributed by atoms with van der Waals surface area (Å²) in [5.74, 6) is 2.21. The quantitative estimate of drug-likeness (QED) is 0.296. The van der Waals surface area contributed by atoms with Crippen LogP contribution in [0.1, 0.15) is 61.0 Å². The van der Waals surface area contributed by atoms with E-state index in [0.717, 1.165) is 35.1 Å². The summed E-state index contributed by atoms with van der Waals surface area (Å²) >= 11 is 0. The second-order valence-electron chi connectivity index (χ2n) is 11.5. The van der Waals surface area contributed by atoms with Gasteiger partial charge in [0.25, 0.3) is 0 Å². The van der Waals surface area contributed by atoms with Gasteiger partial charge in [0.1, 0.15) is 6.04 Å². The van der Waals surface area contributed by atoms with Crippen molar-refractivity contribution in [3.05, 3.63) is 68.9 Å². The molecule has 2 amide bonds. The van der Waals surface area contributed by atoms with Crippen molar-refractivity contribution in [1.82, 2.24) is 10.6 Å². The van der Waals surface area contributed by atoms with Gasteiger partial charge in [-0.15, -0.1) is 0 Å². The number of amides is 2. The Kier molecular flexibility index (Phi) is 9.60. The van der Waals surface area contributed by atoms with Crippen molar-refractivity contribution in [2.75, 3.05) is 40.9 Å². The molecule has 5 rings (SSSR count). The fourth-order valence-corrected chi connectivity index (χ4v) is 6.51. The highest BCUT2D eigenvalue weighted by molar-refractivity contribution is 5.86. The number of benzene rings is 2. The minimum Gasteiger partial charge on any atom is -0.493 e. The molecule has 11 heteroatoms. The summed E-state index contributed by atoms with van der Waals surface area (Å²) in [6, 6.07) is 9.42. The number of aryl methyl sites for hydroxylation is 2. The maximum absolute atomic E-state index is 13.7. The summed E-state index contributed by atoms with van der Waals surface area (Å²) in [7, 11) is 7.84. The van der Waals surface area contributed by atoms with Gasteiger partial charge in [-0.25, -0.2) is 0 Å². The zero-order valence-electron chi connectivity index (χ0n) is 27.3. The third-order valence-electron chi connectivity index (χ3n) is 8.72. The standard InChI is InChI=1S/C35H41N3O8/c1-18(35(41)38-25-11-8-20-14-29(42-3)30(43-4)17-23(20)25)36-27-13-10-22-24(16-28(27)40)26(37-19(2)39)12-9-21-15-31(44-5)33(45-6)34(46-7)32(21)22/h10,13-18,25-26H,8-9,11-12H2,1-7H3,(H,36,40)(H,37,39)(H,38,41)/t18-,25-,26-/m0/s1. The van der Waals surface area contributed by atoms with Crippen LogP contribution < -0.4 is 45.1 Å². The minimum absolute atomic E-state index is 0.199. The summed E-state index contributed by atoms with van der Waals surface area (Å²) in [5, 5.41) is 9.26. The van der Waals surface area contributed by atoms with Gasteiger partial charge in [-0.05, 0) is 90.8 Å². The Hall–Kier alpha value is -4.93. The van der Waals surface area contributed by atoms with Crippen molar-refractivity contribution in [3.8, 4) is 39.9 Å². The Labute approximate surface area is 268 Å². The zero-order valence-corrected chi connectivity index (χ0v) is 27.3. The van der Waals surface area contributed by atoms with Crippen LogP contribution in [0.2, 0.25) is 0 Å². The van der Waals surface area contributed by atoms with Crippen LogP contribution in [-0.2, 0) is 22.4 Å². The first kappa shape index (κ1) is 32.5. The molecular formula is C35H41N3O8. The fraction of sp³-hybridized carbons (Fsp3) is 0.400. The highest BCUT2D eigenvalue weighted by atomic mass is 16.5. The number of hydrogen-bond acceptors (Lipinski definition) is 9. The summed E-state index contributed by atoms with van der Waals surface area (Å²) < 4.78 is 28.0. The van der Waals surface area contributed by atoms with Crippen LogP contribution in [0.3, 0.4) is 0 Å². The molecule has 0 fully saturated rings. The second kappa shape index (κ2) is 13.6. The van der Waals surface area contributed by atoms with E-state index in [9.17, 15) is 14.4 Å². The van der Waals surface area contributed by atoms with Crippen LogP contribution in [0.5, 0.6) is 28.7 Å². The molecule has 2 aliphatic carbocycles. The maximum atomic E-state index is 13.7. The van der Waals surface area contributed by atoms with E-state index in [1.54, 1.807) is 41.4 Å². The third-order valence-corrected chi connectivity index (χ3v) is 8.72. The molecule has 2 aliphatic rings. The predicted octanol–water partition coefficient (Wildman–Crippen LogP) is 4.48. The second-order valence-corrected chi connectivity index (χ2v) is 11.5. The first-order valence-corrected chi connectivity index (χ1v) is 15.2. The molecule has 0 aliphatic heterocycles. The smallest absolute Gasteiger partial charge is 0.242 e. The molecule has 244 valence electrons. The Morgan fingerprint density at radius 2 is 1.35 bits per heavy atom. The average Bonchev–Trinajstić information content (AvgIpc) is 3.28. The number of fused-ring (bicyclic) bond motifs is 4. The molecule has 0 heterocycles. The van der Waals surface area contributed by atoms with Gasteiger partial charge in [0.05, 0.1) is 53.3 Å². The molecule has 3 N–H and O–H groups in total. The summed E-state index contributed by atoms with van der Waals surface area (Å²) in [4.78, 5) is 39.4. The lowest BCUT2D eigenvalue weighted by Crippen LogP contribution is -2.39. The van der Waals surface area contributed by atoms with Gasteiger partial charge >= 0.3 is 0 Å². The molecule has 3 aromatic carbocycles. The number of anilines is 1. The molecule has 0 aromatic heterocycles. The number of nitrogens with one attached hydrogen (secondary N) is 3. The van der Waals surface area contributed by atoms with E-state index in [1.807, 2.05) is 24.3 Å². The van der Waals surface area contributed by atoms with Gasteiger partial charge in [0.2, 0.25) is 23.0 Å². The molecule has 3 atom stereocenters. The van der Waals surface area contributed by atoms with Gasteiger partial charge in [0.15, 0.2) is 23.0 Å². The number of hydrogen-bond donors (Lipinski definition) is 3. The van der Waals surface area contributed by atoms with E-state index in [4.69, 9.17) is 23.7 Å². The highest BCUT2D eigenvalue weighted by Gasteiger charge is 2.31. The predicted molar refractivity (Wildman–Crippen MR) is 175 cm³/mol. The Morgan fingerprint density at radius 3 is 1.98 bits per heavy atom. The normalized spacial score (nSPS) is 16.8. The van der Waals surface area contributed by atoms with Crippen molar-refractivity contribution in [1.29, 1.82) is 0 Å². The van der Waals surface area contributed by atoms with Crippen LogP contribution in [-0.4, -0.2) is 53.4 Å². The Morgan fingerprint density at radius 1 is 0.739 bits per heavy atom. The molecule has 46 heavy (non-hydrogen) atoms. The average molecular weight is 632 g/mol. The third kappa shape index (κ3) is 6.14. The van der Waals surface area contributed by atoms with Crippen LogP contribution >= 0.6 is 0 Å². The molecule has 0 spiro atoms. The maximum Gasteiger partial charge on any atom is 0.242 e. The van der Waals surface area contributed by atoms with Crippen LogP contribution in [0.25, 0.3) is 11.1 Å². The number of methoxy groups -OCH3 is 5. The molecule has 0 saturated carbocycles. The summed E-state index contributed by atoms with van der Waals surface area (Å²) in [5.41, 5.74) is 5.04. The van der Waals surface area contributed by atoms with E-state index in [-0.39, 0.29) is 29.0 Å². The zero-order chi connectivity index (χ0) is 33.1. The van der Waals surface area contributed by atoms with Gasteiger partial charge in [-0.3, -0.25) is 14.4 Å². The monoisotopic (exact) mass is 631 g/mol. The van der Waals surface area contributed by atoms with Crippen molar-refractivity contribution >= 4 is 17.5 Å². The van der Waals surface area contributed by atoms with Gasteiger partial charge in [-0.1, -0.05) is 6.07 Å². The SMILES string of the molecule is COc1cc2c(cc1OC)[C@@H](NC(=O)[C@H](C)Nc1ccc3c(cc1=O)[C@@H](NC(C)=O)CCc1cc(OC)c(OC)c(OC)c1-3)CC2. The largest absolute Gasteiger partial charge is 0.493 e. The first-order valence-electron chi connectivity index (χ1n) is 15.2. The lowest BCUT2D eigenvalue weighted by molar-refractivity contribution is -0.122. The van der Waals surface area contributed by atoms with E-state index < -0.39 is 12.1 Å². The molecule has 0 unspecified atom stereocenters. The van der Waals surface area contributed by atoms with E-state index in [2.05, 4.69) is 16.0 Å². The van der Waals surface area contributed by atoms with Gasteiger partial charge < -0.3 is 39.6 Å². The summed E-state index contributed by atoms with van der Waals surface area (Å²) in [6.07, 6.45) is 2.67. The lowest BCUT2D eigenvalue weighted by atomic mass is 9.95. The number of carbonyl (C=O) groups excluding carboxylic acids is 2. The van der Waals surface area contributed by atoms with Crippen molar-refractivity contribution < 1.29 is 33.3 Å². The van der Waals surface area contributed by atoms with Crippen molar-refractivity contribution in [2.24, 2.45) is 0 Å². The topological polar surface area (TPSA) is 133 Å². The molecule has 0 bridgehead atoms. The summed E-state index contributed by atoms with van der Waals surface area (Å²) in [6.45, 7) is 3.17. The van der Waals surface area contributed by atoms with E-state index in [1.165, 1.54) is 20.1 Å². The van der Waals surface area contributed by atoms with Gasteiger partial charge in [-0.2, -0.15) is 0 Å². The fourth-order valence-electron chi connectivity index (χ4n) is 6.51. The van der Waals surface area contributed by atoms with Crippen LogP contribution in [0.15, 0.2) is 41.2 Å². The van der Waals surface area contributed by atoms with Gasteiger partial charge in [0, 0.05) is 12.5 Å². The minimum atomic E-state index is -0.726. The number of carbonyl (C=O) groups is 2. The molecular weight excluding hydrogens is 590 g/mol. The van der Waals surface area contributed by atoms with Crippen molar-refractivity contribution in [3.63, 3.8) is 0 Å². The molecule has 0 radical (unpaired) electrons. The number of rotatable bonds is 10. The number of ether oxygens (including phenoxy) is 5. The highest BCUT2D eigenvalue weighted by Crippen LogP contribution is 2.50. The first-order chi connectivity index (χ1) is 22.1. The molecule has 0 saturated heterocycles. The Bertz CT molecular complexity index is 1720. The van der Waals surface area contributed by atoms with Crippen LogP contribution in [0, 0.1) is 0 Å². The van der Waals surface area contributed by atoms with E-state index >= 15 is 0 Å². The molecule has 11 nitrogen and oxygen atoms in total. The molecule has 3 aromatic rings. The lowest BCUT2D eigenvalue weighted by Gasteiger charge is -2.20.